The molecule has 0 spiro atoms. The molecule has 7 heteroatoms. The molecule has 0 aliphatic carbocycles. The highest BCUT2D eigenvalue weighted by Crippen LogP contribution is 2.27. The Morgan fingerprint density at radius 1 is 1.36 bits per heavy atom. The van der Waals surface area contributed by atoms with Gasteiger partial charge in [-0.15, -0.1) is 10.2 Å². The van der Waals surface area contributed by atoms with Crippen molar-refractivity contribution in [1.29, 1.82) is 0 Å². The van der Waals surface area contributed by atoms with E-state index in [1.807, 2.05) is 42.8 Å². The highest BCUT2D eigenvalue weighted by Gasteiger charge is 2.11. The molecule has 6 nitrogen and oxygen atoms in total. The van der Waals surface area contributed by atoms with Crippen molar-refractivity contribution in [3.05, 3.63) is 35.7 Å². The van der Waals surface area contributed by atoms with Crippen molar-refractivity contribution >= 4 is 17.7 Å². The second-order valence-electron chi connectivity index (χ2n) is 4.75. The number of carbonyl (C=O) groups excluding carboxylic acids is 1. The number of para-hydroxylation sites is 1. The van der Waals surface area contributed by atoms with Crippen LogP contribution in [0.4, 0.5) is 0 Å². The Labute approximate surface area is 134 Å². The number of nitrogens with zero attached hydrogens (tertiary/aromatic N) is 3. The molecule has 0 aliphatic heterocycles. The minimum Gasteiger partial charge on any atom is -0.494 e. The number of primary amides is 1. The zero-order valence-corrected chi connectivity index (χ0v) is 13.6. The molecule has 1 amide bonds. The number of aromatic nitrogens is 3. The van der Waals surface area contributed by atoms with Crippen LogP contribution >= 0.6 is 11.8 Å². The van der Waals surface area contributed by atoms with Gasteiger partial charge in [-0.2, -0.15) is 0 Å². The summed E-state index contributed by atoms with van der Waals surface area (Å²) in [5.41, 5.74) is 6.28. The number of nitrogens with two attached hydrogens (primary N) is 1. The van der Waals surface area contributed by atoms with Gasteiger partial charge in [0, 0.05) is 31.2 Å². The summed E-state index contributed by atoms with van der Waals surface area (Å²) in [5.74, 6) is 2.08. The zero-order chi connectivity index (χ0) is 15.9. The molecular formula is C15H20N4O2S. The van der Waals surface area contributed by atoms with Crippen LogP contribution in [-0.2, 0) is 24.0 Å². The number of rotatable bonds is 8. The minimum absolute atomic E-state index is 0.282. The number of aryl methyl sites for hydroxylation is 1. The lowest BCUT2D eigenvalue weighted by Crippen LogP contribution is -2.12. The van der Waals surface area contributed by atoms with Crippen LogP contribution in [0, 0.1) is 0 Å². The molecule has 0 saturated heterocycles. The highest BCUT2D eigenvalue weighted by atomic mass is 32.2. The predicted octanol–water partition coefficient (Wildman–Crippen LogP) is 1.92. The molecule has 0 bridgehead atoms. The summed E-state index contributed by atoms with van der Waals surface area (Å²) in [6, 6.07) is 7.97. The molecule has 1 aromatic carbocycles. The number of ether oxygens (including phenoxy) is 1. The van der Waals surface area contributed by atoms with Gasteiger partial charge in [0.25, 0.3) is 0 Å². The predicted molar refractivity (Wildman–Crippen MR) is 85.7 cm³/mol. The smallest absolute Gasteiger partial charge is 0.217 e. The normalized spacial score (nSPS) is 10.6. The summed E-state index contributed by atoms with van der Waals surface area (Å²) in [4.78, 5) is 10.8. The molecule has 0 atom stereocenters. The third kappa shape index (κ3) is 4.24. The van der Waals surface area contributed by atoms with Gasteiger partial charge in [-0.3, -0.25) is 4.79 Å². The maximum atomic E-state index is 10.8. The lowest BCUT2D eigenvalue weighted by atomic mass is 10.2. The summed E-state index contributed by atoms with van der Waals surface area (Å²) >= 11 is 1.59. The third-order valence-corrected chi connectivity index (χ3v) is 4.22. The molecule has 118 valence electrons. The first-order valence-corrected chi connectivity index (χ1v) is 8.10. The largest absolute Gasteiger partial charge is 0.494 e. The number of thioether (sulfide) groups is 1. The summed E-state index contributed by atoms with van der Waals surface area (Å²) < 4.78 is 7.52. The van der Waals surface area contributed by atoms with Crippen LogP contribution < -0.4 is 10.5 Å². The van der Waals surface area contributed by atoms with E-state index in [0.717, 1.165) is 28.0 Å². The van der Waals surface area contributed by atoms with E-state index < -0.39 is 0 Å². The minimum atomic E-state index is -0.331. The quantitative estimate of drug-likeness (QED) is 0.751. The van der Waals surface area contributed by atoms with Crippen LogP contribution in [0.2, 0.25) is 0 Å². The fourth-order valence-electron chi connectivity index (χ4n) is 1.99. The number of benzene rings is 1. The fourth-order valence-corrected chi connectivity index (χ4v) is 2.91. The molecule has 0 aliphatic rings. The van der Waals surface area contributed by atoms with Gasteiger partial charge in [-0.25, -0.2) is 0 Å². The van der Waals surface area contributed by atoms with E-state index in [4.69, 9.17) is 10.5 Å². The number of carbonyl (C=O) groups is 1. The Morgan fingerprint density at radius 2 is 2.14 bits per heavy atom. The molecule has 2 rings (SSSR count). The van der Waals surface area contributed by atoms with Crippen LogP contribution in [0.1, 0.15) is 24.7 Å². The van der Waals surface area contributed by atoms with Gasteiger partial charge in [0.15, 0.2) is 5.16 Å². The van der Waals surface area contributed by atoms with E-state index in [9.17, 15) is 4.79 Å². The molecule has 2 N–H and O–H groups in total. The summed E-state index contributed by atoms with van der Waals surface area (Å²) in [6.07, 6.45) is 0.790. The molecule has 0 fully saturated rings. The first-order valence-electron chi connectivity index (χ1n) is 7.12. The van der Waals surface area contributed by atoms with Crippen LogP contribution in [-0.4, -0.2) is 27.3 Å². The van der Waals surface area contributed by atoms with Crippen molar-refractivity contribution < 1.29 is 9.53 Å². The van der Waals surface area contributed by atoms with Crippen molar-refractivity contribution in [2.45, 2.75) is 30.7 Å². The fraction of sp³-hybridized carbons (Fsp3) is 0.400. The Kier molecular flexibility index (Phi) is 5.83. The molecule has 1 heterocycles. The van der Waals surface area contributed by atoms with Crippen LogP contribution in [0.5, 0.6) is 5.75 Å². The zero-order valence-electron chi connectivity index (χ0n) is 12.8. The van der Waals surface area contributed by atoms with Crippen LogP contribution in [0.15, 0.2) is 29.4 Å². The van der Waals surface area contributed by atoms with E-state index in [1.54, 1.807) is 11.8 Å². The highest BCUT2D eigenvalue weighted by molar-refractivity contribution is 7.98. The second-order valence-corrected chi connectivity index (χ2v) is 5.70. The lowest BCUT2D eigenvalue weighted by molar-refractivity contribution is -0.118. The summed E-state index contributed by atoms with van der Waals surface area (Å²) in [6.45, 7) is 2.61. The molecule has 0 radical (unpaired) electrons. The number of hydrogen-bond acceptors (Lipinski definition) is 5. The average molecular weight is 320 g/mol. The maximum Gasteiger partial charge on any atom is 0.217 e. The van der Waals surface area contributed by atoms with E-state index >= 15 is 0 Å². The molecule has 22 heavy (non-hydrogen) atoms. The van der Waals surface area contributed by atoms with Crippen molar-refractivity contribution in [2.24, 2.45) is 12.8 Å². The first-order chi connectivity index (χ1) is 10.6. The maximum absolute atomic E-state index is 10.8. The van der Waals surface area contributed by atoms with E-state index in [1.165, 1.54) is 0 Å². The van der Waals surface area contributed by atoms with Gasteiger partial charge < -0.3 is 15.0 Å². The van der Waals surface area contributed by atoms with Gasteiger partial charge in [0.1, 0.15) is 11.6 Å². The Bertz CT molecular complexity index is 642. The Morgan fingerprint density at radius 3 is 2.86 bits per heavy atom. The van der Waals surface area contributed by atoms with Gasteiger partial charge in [0.2, 0.25) is 5.91 Å². The lowest BCUT2D eigenvalue weighted by Gasteiger charge is -2.09. The van der Waals surface area contributed by atoms with Crippen molar-refractivity contribution in [2.75, 3.05) is 6.61 Å². The molecular weight excluding hydrogens is 300 g/mol. The topological polar surface area (TPSA) is 83.0 Å². The van der Waals surface area contributed by atoms with E-state index in [2.05, 4.69) is 10.2 Å². The van der Waals surface area contributed by atoms with Crippen LogP contribution in [0.25, 0.3) is 0 Å². The SMILES string of the molecule is CCOc1ccccc1CSc1nnc(CCC(N)=O)n1C. The molecule has 0 unspecified atom stereocenters. The third-order valence-electron chi connectivity index (χ3n) is 3.15. The Hall–Kier alpha value is -2.02. The van der Waals surface area contributed by atoms with Crippen molar-refractivity contribution in [3.63, 3.8) is 0 Å². The summed E-state index contributed by atoms with van der Waals surface area (Å²) in [5, 5.41) is 9.09. The van der Waals surface area contributed by atoms with Gasteiger partial charge in [-0.1, -0.05) is 30.0 Å². The van der Waals surface area contributed by atoms with Crippen LogP contribution in [0.3, 0.4) is 0 Å². The number of hydrogen-bond donors (Lipinski definition) is 1. The first kappa shape index (κ1) is 16.4. The molecule has 0 saturated carbocycles. The van der Waals surface area contributed by atoms with Crippen molar-refractivity contribution in [3.8, 4) is 5.75 Å². The second kappa shape index (κ2) is 7.84. The van der Waals surface area contributed by atoms with Crippen molar-refractivity contribution in [1.82, 2.24) is 14.8 Å². The standard InChI is InChI=1S/C15H20N4O2S/c1-3-21-12-7-5-4-6-11(12)10-22-15-18-17-14(19(15)2)9-8-13(16)20/h4-7H,3,8-10H2,1-2H3,(H2,16,20). The van der Waals surface area contributed by atoms with Gasteiger partial charge in [0.05, 0.1) is 6.61 Å². The monoisotopic (exact) mass is 320 g/mol. The van der Waals surface area contributed by atoms with Gasteiger partial charge >= 0.3 is 0 Å². The Balaban J connectivity index is 2.01. The molecule has 1 aromatic heterocycles. The average Bonchev–Trinajstić information content (AvgIpc) is 2.85. The summed E-state index contributed by atoms with van der Waals surface area (Å²) in [7, 11) is 1.90. The number of amides is 1. The van der Waals surface area contributed by atoms with E-state index in [-0.39, 0.29) is 12.3 Å². The molecule has 2 aromatic rings. The van der Waals surface area contributed by atoms with Gasteiger partial charge in [-0.05, 0) is 13.0 Å². The van der Waals surface area contributed by atoms with E-state index in [0.29, 0.717) is 13.0 Å².